The summed E-state index contributed by atoms with van der Waals surface area (Å²) >= 11 is 1.47. The van der Waals surface area contributed by atoms with Gasteiger partial charge in [0.2, 0.25) is 0 Å². The molecule has 4 aromatic rings. The Labute approximate surface area is 181 Å². The van der Waals surface area contributed by atoms with Gasteiger partial charge in [0.1, 0.15) is 13.2 Å². The Balaban J connectivity index is 1.58. The van der Waals surface area contributed by atoms with E-state index in [1.807, 2.05) is 47.8 Å². The van der Waals surface area contributed by atoms with Crippen LogP contribution < -0.4 is 5.56 Å². The topological polar surface area (TPSA) is 77.3 Å². The fourth-order valence-electron chi connectivity index (χ4n) is 3.74. The smallest absolute Gasteiger partial charge is 0.410 e. The molecule has 0 spiro atoms. The van der Waals surface area contributed by atoms with E-state index in [0.717, 1.165) is 15.6 Å². The lowest BCUT2D eigenvalue weighted by Crippen LogP contribution is -2.29. The van der Waals surface area contributed by atoms with Crippen LogP contribution >= 0.6 is 11.3 Å². The summed E-state index contributed by atoms with van der Waals surface area (Å²) in [7, 11) is 0. The molecular weight excluding hydrogens is 416 g/mol. The van der Waals surface area contributed by atoms with E-state index in [0.29, 0.717) is 29.8 Å². The van der Waals surface area contributed by atoms with E-state index in [2.05, 4.69) is 0 Å². The average Bonchev–Trinajstić information content (AvgIpc) is 3.43. The molecule has 0 atom stereocenters. The summed E-state index contributed by atoms with van der Waals surface area (Å²) in [4.78, 5) is 39.4. The van der Waals surface area contributed by atoms with Crippen LogP contribution in [0.2, 0.25) is 0 Å². The van der Waals surface area contributed by atoms with Crippen molar-refractivity contribution in [2.24, 2.45) is 0 Å². The minimum Gasteiger partial charge on any atom is -0.460 e. The van der Waals surface area contributed by atoms with Crippen molar-refractivity contribution >= 4 is 39.0 Å². The van der Waals surface area contributed by atoms with Crippen LogP contribution in [0, 0.1) is 0 Å². The Morgan fingerprint density at radius 2 is 1.97 bits per heavy atom. The molecule has 7 nitrogen and oxygen atoms in total. The number of nitrogens with zero attached hydrogens (tertiary/aromatic N) is 2. The maximum absolute atomic E-state index is 13.3. The maximum Gasteiger partial charge on any atom is 0.410 e. The monoisotopic (exact) mass is 434 g/mol. The van der Waals surface area contributed by atoms with Crippen molar-refractivity contribution in [2.45, 2.75) is 0 Å². The number of carbonyl (C=O) groups excluding carboxylic acids is 2. The molecule has 1 saturated heterocycles. The summed E-state index contributed by atoms with van der Waals surface area (Å²) in [5, 5.41) is 2.87. The predicted molar refractivity (Wildman–Crippen MR) is 118 cm³/mol. The number of cyclic esters (lactones) is 1. The van der Waals surface area contributed by atoms with Gasteiger partial charge in [-0.05, 0) is 34.5 Å². The lowest BCUT2D eigenvalue weighted by molar-refractivity contribution is 0.0479. The molecule has 0 bridgehead atoms. The van der Waals surface area contributed by atoms with Gasteiger partial charge in [0, 0.05) is 11.8 Å². The second-order valence-corrected chi connectivity index (χ2v) is 8.04. The zero-order chi connectivity index (χ0) is 21.4. The van der Waals surface area contributed by atoms with Crippen LogP contribution in [0.25, 0.3) is 26.7 Å². The molecule has 1 aliphatic heterocycles. The summed E-state index contributed by atoms with van der Waals surface area (Å²) in [5.74, 6) is -0.539. The van der Waals surface area contributed by atoms with Crippen LogP contribution in [0.5, 0.6) is 0 Å². The highest BCUT2D eigenvalue weighted by atomic mass is 32.1. The van der Waals surface area contributed by atoms with Crippen molar-refractivity contribution < 1.29 is 19.1 Å². The van der Waals surface area contributed by atoms with Gasteiger partial charge in [-0.15, -0.1) is 11.3 Å². The fourth-order valence-corrected chi connectivity index (χ4v) is 4.69. The van der Waals surface area contributed by atoms with Crippen molar-refractivity contribution in [1.82, 2.24) is 9.30 Å². The van der Waals surface area contributed by atoms with Crippen molar-refractivity contribution in [3.05, 3.63) is 76.0 Å². The second-order valence-electron chi connectivity index (χ2n) is 7.12. The van der Waals surface area contributed by atoms with Gasteiger partial charge < -0.3 is 14.4 Å². The van der Waals surface area contributed by atoms with Crippen LogP contribution in [0.15, 0.2) is 64.9 Å². The highest BCUT2D eigenvalue weighted by Gasteiger charge is 2.23. The molecule has 0 N–H and O–H groups in total. The highest BCUT2D eigenvalue weighted by Crippen LogP contribution is 2.29. The molecule has 1 amide bonds. The molecule has 1 fully saturated rings. The number of esters is 1. The standard InChI is InChI=1S/C23H18N2O5S/c26-21-17(15-4-2-1-3-5-15)14-18(19-20-16(7-13-31-20)6-8-25(19)21)22(27)29-11-9-24-10-12-30-23(24)28/h1-8,13-14H,9-12H2. The average molecular weight is 434 g/mol. The Morgan fingerprint density at radius 3 is 2.74 bits per heavy atom. The minimum absolute atomic E-state index is 0.0420. The van der Waals surface area contributed by atoms with E-state index in [1.54, 1.807) is 12.3 Å². The first-order valence-electron chi connectivity index (χ1n) is 9.83. The van der Waals surface area contributed by atoms with E-state index in [4.69, 9.17) is 9.47 Å². The highest BCUT2D eigenvalue weighted by molar-refractivity contribution is 7.18. The number of ether oxygens (including phenoxy) is 2. The molecule has 1 aromatic carbocycles. The van der Waals surface area contributed by atoms with E-state index in [1.165, 1.54) is 20.6 Å². The van der Waals surface area contributed by atoms with Crippen LogP contribution in [0.3, 0.4) is 0 Å². The Hall–Kier alpha value is -3.65. The molecule has 1 aliphatic rings. The Kier molecular flexibility index (Phi) is 4.91. The van der Waals surface area contributed by atoms with Gasteiger partial charge in [-0.2, -0.15) is 0 Å². The number of benzene rings is 1. The van der Waals surface area contributed by atoms with Gasteiger partial charge in [-0.1, -0.05) is 30.3 Å². The van der Waals surface area contributed by atoms with E-state index < -0.39 is 12.1 Å². The number of amides is 1. The minimum atomic E-state index is -0.539. The molecule has 31 heavy (non-hydrogen) atoms. The maximum atomic E-state index is 13.3. The van der Waals surface area contributed by atoms with Gasteiger partial charge in [0.25, 0.3) is 5.56 Å². The van der Waals surface area contributed by atoms with E-state index >= 15 is 0 Å². The SMILES string of the molecule is O=C(OCCN1CCOC1=O)c1cc(-c2ccccc2)c(=O)n2ccc3ccsc3c12. The summed E-state index contributed by atoms with van der Waals surface area (Å²) in [6.07, 6.45) is 1.29. The van der Waals surface area contributed by atoms with E-state index in [-0.39, 0.29) is 18.7 Å². The van der Waals surface area contributed by atoms with Gasteiger partial charge in [0.15, 0.2) is 0 Å². The van der Waals surface area contributed by atoms with Crippen LogP contribution in [0.1, 0.15) is 10.4 Å². The molecule has 0 saturated carbocycles. The van der Waals surface area contributed by atoms with Gasteiger partial charge in [-0.3, -0.25) is 9.20 Å². The number of carbonyl (C=O) groups is 2. The first kappa shape index (κ1) is 19.3. The zero-order valence-corrected chi connectivity index (χ0v) is 17.3. The first-order valence-corrected chi connectivity index (χ1v) is 10.7. The Bertz CT molecular complexity index is 1360. The molecule has 3 aromatic heterocycles. The number of hydrogen-bond acceptors (Lipinski definition) is 6. The van der Waals surface area contributed by atoms with Crippen molar-refractivity contribution in [1.29, 1.82) is 0 Å². The quantitative estimate of drug-likeness (QED) is 0.447. The molecule has 0 aliphatic carbocycles. The number of rotatable bonds is 5. The summed E-state index contributed by atoms with van der Waals surface area (Å²) in [6.45, 7) is 1.12. The van der Waals surface area contributed by atoms with Crippen molar-refractivity contribution in [2.75, 3.05) is 26.3 Å². The third-order valence-electron chi connectivity index (χ3n) is 5.29. The number of aromatic nitrogens is 1. The summed E-state index contributed by atoms with van der Waals surface area (Å²) < 4.78 is 12.7. The van der Waals surface area contributed by atoms with Gasteiger partial charge in [0.05, 0.1) is 28.9 Å². The van der Waals surface area contributed by atoms with Crippen LogP contribution in [-0.2, 0) is 9.47 Å². The lowest BCUT2D eigenvalue weighted by atomic mass is 10.0. The Morgan fingerprint density at radius 1 is 1.13 bits per heavy atom. The number of fused-ring (bicyclic) bond motifs is 3. The molecule has 5 rings (SSSR count). The van der Waals surface area contributed by atoms with Gasteiger partial charge in [-0.25, -0.2) is 9.59 Å². The first-order chi connectivity index (χ1) is 15.1. The molecule has 8 heteroatoms. The fraction of sp³-hybridized carbons (Fsp3) is 0.174. The largest absolute Gasteiger partial charge is 0.460 e. The third kappa shape index (κ3) is 3.44. The van der Waals surface area contributed by atoms with Gasteiger partial charge >= 0.3 is 12.1 Å². The van der Waals surface area contributed by atoms with Crippen LogP contribution in [-0.4, -0.2) is 47.7 Å². The van der Waals surface area contributed by atoms with Crippen molar-refractivity contribution in [3.63, 3.8) is 0 Å². The van der Waals surface area contributed by atoms with Crippen molar-refractivity contribution in [3.8, 4) is 11.1 Å². The molecular formula is C23H18N2O5S. The van der Waals surface area contributed by atoms with Crippen LogP contribution in [0.4, 0.5) is 4.79 Å². The molecule has 0 unspecified atom stereocenters. The number of pyridine rings is 2. The molecule has 156 valence electrons. The number of thiophene rings is 1. The molecule has 4 heterocycles. The summed E-state index contributed by atoms with van der Waals surface area (Å²) in [5.41, 5.74) is 1.79. The molecule has 0 radical (unpaired) electrons. The predicted octanol–water partition coefficient (Wildman–Crippen LogP) is 3.79. The number of hydrogen-bond donors (Lipinski definition) is 0. The second kappa shape index (κ2) is 7.88. The van der Waals surface area contributed by atoms with E-state index in [9.17, 15) is 14.4 Å². The zero-order valence-electron chi connectivity index (χ0n) is 16.4. The lowest BCUT2D eigenvalue weighted by Gasteiger charge is -2.14. The third-order valence-corrected chi connectivity index (χ3v) is 6.23. The normalized spacial score (nSPS) is 13.7. The summed E-state index contributed by atoms with van der Waals surface area (Å²) in [6, 6.07) is 14.7.